The summed E-state index contributed by atoms with van der Waals surface area (Å²) < 4.78 is 13.1. The highest BCUT2D eigenvalue weighted by atomic mass is 32.2. The highest BCUT2D eigenvalue weighted by Crippen LogP contribution is 2.32. The number of rotatable bonds is 8. The van der Waals surface area contributed by atoms with Gasteiger partial charge in [-0.3, -0.25) is 4.57 Å². The average molecular weight is 404 g/mol. The molecule has 0 aliphatic heterocycles. The molecule has 0 saturated carbocycles. The van der Waals surface area contributed by atoms with Crippen LogP contribution in [0.2, 0.25) is 0 Å². The number of para-hydroxylation sites is 1. The van der Waals surface area contributed by atoms with Crippen LogP contribution in [0.1, 0.15) is 5.69 Å². The maximum absolute atomic E-state index is 5.62. The van der Waals surface area contributed by atoms with E-state index in [1.54, 1.807) is 25.1 Å². The minimum atomic E-state index is 0.594. The van der Waals surface area contributed by atoms with E-state index in [-0.39, 0.29) is 0 Å². The number of thioether (sulfide) groups is 1. The zero-order chi connectivity index (χ0) is 20.1. The second-order valence-electron chi connectivity index (χ2n) is 6.20. The van der Waals surface area contributed by atoms with Gasteiger partial charge in [0.25, 0.3) is 0 Å². The Morgan fingerprint density at radius 3 is 2.69 bits per heavy atom. The molecule has 0 unspecified atom stereocenters. The van der Waals surface area contributed by atoms with Gasteiger partial charge in [-0.2, -0.15) is 0 Å². The first-order valence-corrected chi connectivity index (χ1v) is 10.1. The molecule has 2 aromatic carbocycles. The number of hydrogen-bond donors (Lipinski definition) is 0. The lowest BCUT2D eigenvalue weighted by Crippen LogP contribution is -2.01. The van der Waals surface area contributed by atoms with Crippen LogP contribution in [0.3, 0.4) is 0 Å². The van der Waals surface area contributed by atoms with Gasteiger partial charge in [0.1, 0.15) is 12.0 Å². The molecule has 29 heavy (non-hydrogen) atoms. The van der Waals surface area contributed by atoms with Crippen LogP contribution in [0, 0.1) is 0 Å². The number of methoxy groups -OCH3 is 1. The molecule has 2 aromatic heterocycles. The third-order valence-electron chi connectivity index (χ3n) is 4.30. The number of allylic oxidation sites excluding steroid dienone is 1. The van der Waals surface area contributed by atoms with Crippen molar-refractivity contribution in [3.05, 3.63) is 79.2 Å². The van der Waals surface area contributed by atoms with Crippen LogP contribution in [0.4, 0.5) is 0 Å². The van der Waals surface area contributed by atoms with E-state index in [0.29, 0.717) is 18.2 Å². The largest absolute Gasteiger partial charge is 0.496 e. The third kappa shape index (κ3) is 4.09. The van der Waals surface area contributed by atoms with Gasteiger partial charge in [0.2, 0.25) is 5.89 Å². The summed E-state index contributed by atoms with van der Waals surface area (Å²) in [6, 6.07) is 17.6. The zero-order valence-corrected chi connectivity index (χ0v) is 16.8. The number of ether oxygens (including phenoxy) is 1. The molecule has 0 N–H and O–H groups in total. The van der Waals surface area contributed by atoms with Crippen molar-refractivity contribution in [1.82, 2.24) is 19.7 Å². The summed E-state index contributed by atoms with van der Waals surface area (Å²) in [7, 11) is 1.65. The van der Waals surface area contributed by atoms with E-state index in [2.05, 4.69) is 21.8 Å². The predicted molar refractivity (Wildman–Crippen MR) is 114 cm³/mol. The molecule has 0 atom stereocenters. The number of hydrogen-bond acceptors (Lipinski definition) is 6. The lowest BCUT2D eigenvalue weighted by molar-refractivity contribution is 0.416. The minimum Gasteiger partial charge on any atom is -0.496 e. The van der Waals surface area contributed by atoms with Crippen molar-refractivity contribution in [2.45, 2.75) is 17.5 Å². The molecule has 0 fully saturated rings. The van der Waals surface area contributed by atoms with Crippen LogP contribution in [0.25, 0.3) is 22.8 Å². The van der Waals surface area contributed by atoms with Crippen molar-refractivity contribution in [3.63, 3.8) is 0 Å². The highest BCUT2D eigenvalue weighted by molar-refractivity contribution is 7.98. The maximum atomic E-state index is 5.62. The molecular weight excluding hydrogens is 384 g/mol. The number of benzene rings is 2. The molecule has 6 nitrogen and oxygen atoms in total. The second kappa shape index (κ2) is 8.79. The van der Waals surface area contributed by atoms with E-state index in [1.807, 2.05) is 65.2 Å². The molecule has 0 spiro atoms. The van der Waals surface area contributed by atoms with Gasteiger partial charge in [0.15, 0.2) is 11.0 Å². The molecule has 4 aromatic rings. The summed E-state index contributed by atoms with van der Waals surface area (Å²) in [5, 5.41) is 9.57. The monoisotopic (exact) mass is 404 g/mol. The first kappa shape index (κ1) is 19.0. The molecule has 0 aliphatic carbocycles. The van der Waals surface area contributed by atoms with E-state index in [1.165, 1.54) is 0 Å². The quantitative estimate of drug-likeness (QED) is 0.301. The Morgan fingerprint density at radius 2 is 1.90 bits per heavy atom. The smallest absolute Gasteiger partial charge is 0.226 e. The molecule has 0 bridgehead atoms. The molecule has 7 heteroatoms. The van der Waals surface area contributed by atoms with Crippen LogP contribution < -0.4 is 4.74 Å². The van der Waals surface area contributed by atoms with Gasteiger partial charge in [-0.05, 0) is 24.3 Å². The predicted octanol–water partition coefficient (Wildman–Crippen LogP) is 5.09. The molecule has 0 saturated heterocycles. The fourth-order valence-corrected chi connectivity index (χ4v) is 3.77. The van der Waals surface area contributed by atoms with Gasteiger partial charge in [0, 0.05) is 17.9 Å². The fraction of sp³-hybridized carbons (Fsp3) is 0.136. The Balaban J connectivity index is 1.56. The minimum absolute atomic E-state index is 0.594. The van der Waals surface area contributed by atoms with Crippen molar-refractivity contribution in [2.75, 3.05) is 7.11 Å². The number of oxazole rings is 1. The first-order valence-electron chi connectivity index (χ1n) is 9.10. The van der Waals surface area contributed by atoms with Crippen LogP contribution in [0.5, 0.6) is 5.75 Å². The summed E-state index contributed by atoms with van der Waals surface area (Å²) >= 11 is 1.56. The van der Waals surface area contributed by atoms with Gasteiger partial charge < -0.3 is 9.15 Å². The third-order valence-corrected chi connectivity index (χ3v) is 5.30. The normalized spacial score (nSPS) is 10.8. The van der Waals surface area contributed by atoms with E-state index in [4.69, 9.17) is 9.15 Å². The summed E-state index contributed by atoms with van der Waals surface area (Å²) in [6.45, 7) is 4.46. The summed E-state index contributed by atoms with van der Waals surface area (Å²) in [6.07, 6.45) is 3.51. The molecule has 0 amide bonds. The SMILES string of the molecule is C=CCn1c(SCc2coc(-c3ccccc3)n2)nnc1-c1ccccc1OC. The van der Waals surface area contributed by atoms with Crippen LogP contribution in [-0.2, 0) is 12.3 Å². The fourth-order valence-electron chi connectivity index (χ4n) is 2.94. The summed E-state index contributed by atoms with van der Waals surface area (Å²) in [4.78, 5) is 4.58. The average Bonchev–Trinajstić information content (AvgIpc) is 3.40. The molecule has 146 valence electrons. The molecular formula is C22H20N4O2S. The second-order valence-corrected chi connectivity index (χ2v) is 7.15. The lowest BCUT2D eigenvalue weighted by Gasteiger charge is -2.10. The van der Waals surface area contributed by atoms with Crippen molar-refractivity contribution in [1.29, 1.82) is 0 Å². The van der Waals surface area contributed by atoms with Crippen molar-refractivity contribution >= 4 is 11.8 Å². The van der Waals surface area contributed by atoms with Crippen LogP contribution in [0.15, 0.2) is 83.1 Å². The van der Waals surface area contributed by atoms with E-state index in [0.717, 1.165) is 33.6 Å². The topological polar surface area (TPSA) is 66.0 Å². The van der Waals surface area contributed by atoms with Gasteiger partial charge in [-0.1, -0.05) is 48.2 Å². The van der Waals surface area contributed by atoms with E-state index < -0.39 is 0 Å². The maximum Gasteiger partial charge on any atom is 0.226 e. The van der Waals surface area contributed by atoms with E-state index in [9.17, 15) is 0 Å². The summed E-state index contributed by atoms with van der Waals surface area (Å²) in [5.74, 6) is 2.74. The van der Waals surface area contributed by atoms with Crippen molar-refractivity contribution < 1.29 is 9.15 Å². The highest BCUT2D eigenvalue weighted by Gasteiger charge is 2.17. The number of nitrogens with zero attached hydrogens (tertiary/aromatic N) is 4. The molecule has 0 aliphatic rings. The lowest BCUT2D eigenvalue weighted by atomic mass is 10.2. The Bertz CT molecular complexity index is 1100. The molecule has 4 rings (SSSR count). The standard InChI is InChI=1S/C22H20N4O2S/c1-3-13-26-20(18-11-7-8-12-19(18)27-2)24-25-22(26)29-15-17-14-28-21(23-17)16-9-5-4-6-10-16/h3-12,14H,1,13,15H2,2H3. The Kier molecular flexibility index (Phi) is 5.76. The first-order chi connectivity index (χ1) is 14.3. The Morgan fingerprint density at radius 1 is 1.10 bits per heavy atom. The Hall–Kier alpha value is -3.32. The van der Waals surface area contributed by atoms with Crippen LogP contribution in [-0.4, -0.2) is 26.9 Å². The van der Waals surface area contributed by atoms with Crippen LogP contribution >= 0.6 is 11.8 Å². The zero-order valence-electron chi connectivity index (χ0n) is 16.0. The number of aromatic nitrogens is 4. The van der Waals surface area contributed by atoms with Gasteiger partial charge in [-0.25, -0.2) is 4.98 Å². The van der Waals surface area contributed by atoms with Gasteiger partial charge in [0.05, 0.1) is 18.4 Å². The van der Waals surface area contributed by atoms with Crippen molar-refractivity contribution in [3.8, 4) is 28.6 Å². The summed E-state index contributed by atoms with van der Waals surface area (Å²) in [5.41, 5.74) is 2.70. The molecule has 2 heterocycles. The Labute approximate surface area is 173 Å². The van der Waals surface area contributed by atoms with Crippen molar-refractivity contribution in [2.24, 2.45) is 0 Å². The van der Waals surface area contributed by atoms with Gasteiger partial charge >= 0.3 is 0 Å². The van der Waals surface area contributed by atoms with Gasteiger partial charge in [-0.15, -0.1) is 16.8 Å². The molecule has 0 radical (unpaired) electrons. The van der Waals surface area contributed by atoms with E-state index >= 15 is 0 Å².